The van der Waals surface area contributed by atoms with Crippen molar-refractivity contribution >= 4 is 0 Å². The van der Waals surface area contributed by atoms with E-state index < -0.39 is 12.1 Å². The first-order chi connectivity index (χ1) is 8.24. The minimum Gasteiger partial charge on any atom is -0.379 e. The molecule has 1 rings (SSSR count). The van der Waals surface area contributed by atoms with E-state index in [1.165, 1.54) is 0 Å². The van der Waals surface area contributed by atoms with E-state index in [1.54, 1.807) is 7.11 Å². The molecule has 1 aliphatic carbocycles. The summed E-state index contributed by atoms with van der Waals surface area (Å²) in [7, 11) is 1.65. The Hall–Kier alpha value is -0.290. The predicted molar refractivity (Wildman–Crippen MR) is 65.5 cm³/mol. The van der Waals surface area contributed by atoms with Crippen molar-refractivity contribution in [2.75, 3.05) is 13.7 Å². The zero-order valence-electron chi connectivity index (χ0n) is 11.4. The smallest absolute Gasteiger partial charge is 0.379 e. The molecule has 1 saturated carbocycles. The van der Waals surface area contributed by atoms with Crippen LogP contribution in [0.1, 0.15) is 46.0 Å². The summed E-state index contributed by atoms with van der Waals surface area (Å²) in [4.78, 5) is 0. The summed E-state index contributed by atoms with van der Waals surface area (Å²) in [6.07, 6.45) is -1.22. The van der Waals surface area contributed by atoms with Crippen LogP contribution in [0.4, 0.5) is 13.2 Å². The highest BCUT2D eigenvalue weighted by Gasteiger charge is 2.41. The van der Waals surface area contributed by atoms with Crippen molar-refractivity contribution < 1.29 is 17.9 Å². The van der Waals surface area contributed by atoms with Crippen LogP contribution < -0.4 is 5.32 Å². The lowest BCUT2D eigenvalue weighted by Gasteiger charge is -2.32. The van der Waals surface area contributed by atoms with Crippen LogP contribution in [0.3, 0.4) is 0 Å². The van der Waals surface area contributed by atoms with E-state index in [1.807, 2.05) is 13.8 Å². The summed E-state index contributed by atoms with van der Waals surface area (Å²) < 4.78 is 43.2. The van der Waals surface area contributed by atoms with Gasteiger partial charge in [-0.1, -0.05) is 6.42 Å². The van der Waals surface area contributed by atoms with Crippen LogP contribution in [0.2, 0.25) is 0 Å². The maximum atomic E-state index is 12.6. The molecule has 2 unspecified atom stereocenters. The van der Waals surface area contributed by atoms with Crippen molar-refractivity contribution in [2.45, 2.75) is 63.8 Å². The van der Waals surface area contributed by atoms with Crippen LogP contribution in [0.5, 0.6) is 0 Å². The summed E-state index contributed by atoms with van der Waals surface area (Å²) in [5.74, 6) is -1.13. The molecule has 2 atom stereocenters. The van der Waals surface area contributed by atoms with Crippen molar-refractivity contribution in [1.82, 2.24) is 5.32 Å². The standard InChI is InChI=1S/C13H24F3NO/c1-12(2,18-3)7-8-17-11-6-4-5-10(9-11)13(14,15)16/h10-11,17H,4-9H2,1-3H3. The fourth-order valence-electron chi connectivity index (χ4n) is 2.35. The number of halogens is 3. The van der Waals surface area contributed by atoms with Crippen molar-refractivity contribution in [3.63, 3.8) is 0 Å². The van der Waals surface area contributed by atoms with Gasteiger partial charge >= 0.3 is 6.18 Å². The minimum absolute atomic E-state index is 0.00182. The van der Waals surface area contributed by atoms with Crippen molar-refractivity contribution in [3.8, 4) is 0 Å². The van der Waals surface area contributed by atoms with Crippen LogP contribution in [0.25, 0.3) is 0 Å². The maximum absolute atomic E-state index is 12.6. The molecule has 0 saturated heterocycles. The Labute approximate surface area is 107 Å². The molecule has 0 aromatic carbocycles. The van der Waals surface area contributed by atoms with Gasteiger partial charge in [0.2, 0.25) is 0 Å². The van der Waals surface area contributed by atoms with E-state index in [-0.39, 0.29) is 24.5 Å². The molecule has 1 aliphatic rings. The summed E-state index contributed by atoms with van der Waals surface area (Å²) in [5, 5.41) is 3.23. The molecule has 2 nitrogen and oxygen atoms in total. The normalized spacial score (nSPS) is 26.3. The van der Waals surface area contributed by atoms with E-state index in [2.05, 4.69) is 5.32 Å². The molecule has 0 aromatic heterocycles. The molecule has 18 heavy (non-hydrogen) atoms. The number of hydrogen-bond acceptors (Lipinski definition) is 2. The largest absolute Gasteiger partial charge is 0.391 e. The number of methoxy groups -OCH3 is 1. The number of ether oxygens (including phenoxy) is 1. The number of hydrogen-bond donors (Lipinski definition) is 1. The first kappa shape index (κ1) is 15.8. The third-order valence-corrected chi connectivity index (χ3v) is 3.85. The van der Waals surface area contributed by atoms with Gasteiger partial charge in [-0.15, -0.1) is 0 Å². The Morgan fingerprint density at radius 1 is 1.22 bits per heavy atom. The monoisotopic (exact) mass is 267 g/mol. The van der Waals surface area contributed by atoms with Crippen LogP contribution >= 0.6 is 0 Å². The molecule has 0 aliphatic heterocycles. The molecule has 0 bridgehead atoms. The fraction of sp³-hybridized carbons (Fsp3) is 1.00. The van der Waals surface area contributed by atoms with Gasteiger partial charge in [-0.3, -0.25) is 0 Å². The van der Waals surface area contributed by atoms with E-state index >= 15 is 0 Å². The van der Waals surface area contributed by atoms with Gasteiger partial charge in [0.25, 0.3) is 0 Å². The van der Waals surface area contributed by atoms with Crippen LogP contribution in [0.15, 0.2) is 0 Å². The van der Waals surface area contributed by atoms with E-state index in [0.717, 1.165) is 12.8 Å². The van der Waals surface area contributed by atoms with Gasteiger partial charge in [0.05, 0.1) is 11.5 Å². The highest BCUT2D eigenvalue weighted by Crippen LogP contribution is 2.37. The summed E-state index contributed by atoms with van der Waals surface area (Å²) in [6, 6.07) is -0.00182. The Morgan fingerprint density at radius 3 is 2.44 bits per heavy atom. The molecule has 1 N–H and O–H groups in total. The molecule has 108 valence electrons. The number of nitrogens with one attached hydrogen (secondary N) is 1. The van der Waals surface area contributed by atoms with Crippen LogP contribution in [-0.2, 0) is 4.74 Å². The Morgan fingerprint density at radius 2 is 1.89 bits per heavy atom. The van der Waals surface area contributed by atoms with Gasteiger partial charge < -0.3 is 10.1 Å². The van der Waals surface area contributed by atoms with Gasteiger partial charge in [0, 0.05) is 13.2 Å². The average molecular weight is 267 g/mol. The molecule has 1 fully saturated rings. The van der Waals surface area contributed by atoms with Gasteiger partial charge in [-0.05, 0) is 46.1 Å². The topological polar surface area (TPSA) is 21.3 Å². The number of alkyl halides is 3. The van der Waals surface area contributed by atoms with Gasteiger partial charge in [0.15, 0.2) is 0 Å². The quantitative estimate of drug-likeness (QED) is 0.823. The second kappa shape index (κ2) is 6.24. The average Bonchev–Trinajstić information content (AvgIpc) is 2.28. The molecule has 0 heterocycles. The predicted octanol–water partition coefficient (Wildman–Crippen LogP) is 3.51. The number of rotatable bonds is 5. The van der Waals surface area contributed by atoms with E-state index in [0.29, 0.717) is 13.0 Å². The third kappa shape index (κ3) is 5.14. The van der Waals surface area contributed by atoms with Crippen molar-refractivity contribution in [1.29, 1.82) is 0 Å². The zero-order chi connectivity index (χ0) is 13.8. The van der Waals surface area contributed by atoms with Crippen molar-refractivity contribution in [3.05, 3.63) is 0 Å². The second-order valence-corrected chi connectivity index (χ2v) is 5.77. The molecular formula is C13H24F3NO. The van der Waals surface area contributed by atoms with Crippen LogP contribution in [0, 0.1) is 5.92 Å². The molecule has 0 aromatic rings. The van der Waals surface area contributed by atoms with Gasteiger partial charge in [-0.2, -0.15) is 13.2 Å². The highest BCUT2D eigenvalue weighted by atomic mass is 19.4. The second-order valence-electron chi connectivity index (χ2n) is 5.77. The lowest BCUT2D eigenvalue weighted by atomic mass is 9.85. The maximum Gasteiger partial charge on any atom is 0.391 e. The molecule has 0 amide bonds. The first-order valence-electron chi connectivity index (χ1n) is 6.60. The van der Waals surface area contributed by atoms with Gasteiger partial charge in [0.1, 0.15) is 0 Å². The Bertz CT molecular complexity index is 253. The fourth-order valence-corrected chi connectivity index (χ4v) is 2.35. The molecule has 0 spiro atoms. The summed E-state index contributed by atoms with van der Waals surface area (Å²) in [5.41, 5.74) is -0.217. The third-order valence-electron chi connectivity index (χ3n) is 3.85. The summed E-state index contributed by atoms with van der Waals surface area (Å²) >= 11 is 0. The van der Waals surface area contributed by atoms with E-state index in [4.69, 9.17) is 4.74 Å². The molecule has 5 heteroatoms. The molecular weight excluding hydrogens is 243 g/mol. The lowest BCUT2D eigenvalue weighted by Crippen LogP contribution is -2.40. The zero-order valence-corrected chi connectivity index (χ0v) is 11.4. The Balaban J connectivity index is 2.31. The van der Waals surface area contributed by atoms with Crippen LogP contribution in [-0.4, -0.2) is 31.5 Å². The summed E-state index contributed by atoms with van der Waals surface area (Å²) in [6.45, 7) is 4.66. The van der Waals surface area contributed by atoms with E-state index in [9.17, 15) is 13.2 Å². The van der Waals surface area contributed by atoms with Crippen molar-refractivity contribution in [2.24, 2.45) is 5.92 Å². The first-order valence-corrected chi connectivity index (χ1v) is 6.60. The minimum atomic E-state index is -4.04. The highest BCUT2D eigenvalue weighted by molar-refractivity contribution is 4.82. The van der Waals surface area contributed by atoms with Gasteiger partial charge in [-0.25, -0.2) is 0 Å². The Kier molecular flexibility index (Phi) is 5.46. The lowest BCUT2D eigenvalue weighted by molar-refractivity contribution is -0.183. The molecule has 0 radical (unpaired) electrons. The SMILES string of the molecule is COC(C)(C)CCNC1CCCC(C(F)(F)F)C1.